The minimum Gasteiger partial charge on any atom is -0.395 e. The summed E-state index contributed by atoms with van der Waals surface area (Å²) in [6, 6.07) is 12.3. The number of nitrogens with one attached hydrogen (secondary N) is 1. The number of pyridine rings is 1. The molecule has 2 heterocycles. The van der Waals surface area contributed by atoms with Crippen LogP contribution in [0.15, 0.2) is 42.6 Å². The lowest BCUT2D eigenvalue weighted by Crippen LogP contribution is -2.38. The number of benzene rings is 1. The van der Waals surface area contributed by atoms with E-state index in [1.54, 1.807) is 7.05 Å². The van der Waals surface area contributed by atoms with E-state index in [4.69, 9.17) is 5.11 Å². The van der Waals surface area contributed by atoms with Crippen molar-refractivity contribution in [2.24, 2.45) is 0 Å². The van der Waals surface area contributed by atoms with E-state index >= 15 is 0 Å². The van der Waals surface area contributed by atoms with Crippen molar-refractivity contribution in [2.75, 3.05) is 31.6 Å². The number of anilines is 1. The SMILES string of the molecule is CN(CCO)C(=O)NCc1ccc(N2CCc3ccccc3C2)nc1. The first-order chi connectivity index (χ1) is 12.2. The van der Waals surface area contributed by atoms with Crippen LogP contribution in [-0.4, -0.2) is 47.8 Å². The molecule has 25 heavy (non-hydrogen) atoms. The highest BCUT2D eigenvalue weighted by Crippen LogP contribution is 2.22. The third-order valence-corrected chi connectivity index (χ3v) is 4.49. The second-order valence-corrected chi connectivity index (χ2v) is 6.27. The minimum absolute atomic E-state index is 0.0425. The van der Waals surface area contributed by atoms with Gasteiger partial charge in [-0.2, -0.15) is 0 Å². The third kappa shape index (κ3) is 4.28. The molecule has 0 spiro atoms. The Morgan fingerprint density at radius 3 is 2.80 bits per heavy atom. The molecule has 0 saturated heterocycles. The Labute approximate surface area is 148 Å². The Hall–Kier alpha value is -2.60. The largest absolute Gasteiger partial charge is 0.395 e. The second kappa shape index (κ2) is 7.98. The fourth-order valence-corrected chi connectivity index (χ4v) is 2.96. The molecular weight excluding hydrogens is 316 g/mol. The number of carbonyl (C=O) groups excluding carboxylic acids is 1. The number of aromatic nitrogens is 1. The Morgan fingerprint density at radius 2 is 2.08 bits per heavy atom. The average Bonchev–Trinajstić information content (AvgIpc) is 2.66. The number of fused-ring (bicyclic) bond motifs is 1. The molecule has 1 aliphatic heterocycles. The molecule has 0 bridgehead atoms. The predicted molar refractivity (Wildman–Crippen MR) is 97.4 cm³/mol. The van der Waals surface area contributed by atoms with Gasteiger partial charge in [-0.3, -0.25) is 0 Å². The Kier molecular flexibility index (Phi) is 5.50. The van der Waals surface area contributed by atoms with Gasteiger partial charge < -0.3 is 20.2 Å². The van der Waals surface area contributed by atoms with Crippen molar-refractivity contribution in [3.8, 4) is 0 Å². The van der Waals surface area contributed by atoms with Gasteiger partial charge in [0.1, 0.15) is 5.82 Å². The van der Waals surface area contributed by atoms with Crippen molar-refractivity contribution >= 4 is 11.8 Å². The number of aliphatic hydroxyl groups is 1. The van der Waals surface area contributed by atoms with Gasteiger partial charge in [-0.05, 0) is 29.2 Å². The zero-order valence-electron chi connectivity index (χ0n) is 14.5. The summed E-state index contributed by atoms with van der Waals surface area (Å²) in [4.78, 5) is 20.1. The zero-order chi connectivity index (χ0) is 17.6. The van der Waals surface area contributed by atoms with Crippen LogP contribution < -0.4 is 10.2 Å². The molecular formula is C19H24N4O2. The fourth-order valence-electron chi connectivity index (χ4n) is 2.96. The molecule has 0 saturated carbocycles. The molecule has 1 aliphatic rings. The van der Waals surface area contributed by atoms with Crippen molar-refractivity contribution < 1.29 is 9.90 Å². The first-order valence-electron chi connectivity index (χ1n) is 8.54. The van der Waals surface area contributed by atoms with Crippen LogP contribution >= 0.6 is 0 Å². The maximum absolute atomic E-state index is 11.8. The molecule has 132 valence electrons. The number of amides is 2. The highest BCUT2D eigenvalue weighted by atomic mass is 16.3. The number of hydrogen-bond donors (Lipinski definition) is 2. The van der Waals surface area contributed by atoms with E-state index in [1.807, 2.05) is 18.3 Å². The van der Waals surface area contributed by atoms with Gasteiger partial charge in [0, 0.05) is 39.4 Å². The highest BCUT2D eigenvalue weighted by Gasteiger charge is 2.16. The summed E-state index contributed by atoms with van der Waals surface area (Å²) in [5, 5.41) is 11.7. The van der Waals surface area contributed by atoms with E-state index in [0.717, 1.165) is 30.9 Å². The fraction of sp³-hybridized carbons (Fsp3) is 0.368. The van der Waals surface area contributed by atoms with Crippen LogP contribution in [0.5, 0.6) is 0 Å². The van der Waals surface area contributed by atoms with Crippen molar-refractivity contribution in [1.82, 2.24) is 15.2 Å². The molecule has 0 fully saturated rings. The van der Waals surface area contributed by atoms with Crippen LogP contribution in [0, 0.1) is 0 Å². The molecule has 2 aromatic rings. The Balaban J connectivity index is 1.57. The van der Waals surface area contributed by atoms with Crippen LogP contribution in [0.25, 0.3) is 0 Å². The normalized spacial score (nSPS) is 13.3. The van der Waals surface area contributed by atoms with E-state index in [9.17, 15) is 4.79 Å². The second-order valence-electron chi connectivity index (χ2n) is 6.27. The molecule has 0 unspecified atom stereocenters. The van der Waals surface area contributed by atoms with Gasteiger partial charge in [0.25, 0.3) is 0 Å². The third-order valence-electron chi connectivity index (χ3n) is 4.49. The van der Waals surface area contributed by atoms with Gasteiger partial charge in [0.2, 0.25) is 0 Å². The number of rotatable bonds is 5. The lowest BCUT2D eigenvalue weighted by molar-refractivity contribution is 0.190. The van der Waals surface area contributed by atoms with E-state index in [-0.39, 0.29) is 12.6 Å². The summed E-state index contributed by atoms with van der Waals surface area (Å²) in [5.74, 6) is 0.960. The van der Waals surface area contributed by atoms with Crippen LogP contribution in [0.1, 0.15) is 16.7 Å². The van der Waals surface area contributed by atoms with E-state index in [1.165, 1.54) is 16.0 Å². The summed E-state index contributed by atoms with van der Waals surface area (Å²) in [5.41, 5.74) is 3.73. The highest BCUT2D eigenvalue weighted by molar-refractivity contribution is 5.73. The van der Waals surface area contributed by atoms with Crippen LogP contribution in [-0.2, 0) is 19.5 Å². The number of urea groups is 1. The minimum atomic E-state index is -0.203. The summed E-state index contributed by atoms with van der Waals surface area (Å²) in [6.45, 7) is 2.54. The van der Waals surface area contributed by atoms with Gasteiger partial charge in [0.05, 0.1) is 6.61 Å². The molecule has 1 aromatic heterocycles. The molecule has 0 radical (unpaired) electrons. The van der Waals surface area contributed by atoms with Gasteiger partial charge in [0.15, 0.2) is 0 Å². The Bertz CT molecular complexity index is 718. The number of carbonyl (C=O) groups is 1. The molecule has 2 amide bonds. The smallest absolute Gasteiger partial charge is 0.317 e. The first kappa shape index (κ1) is 17.2. The molecule has 0 aliphatic carbocycles. The quantitative estimate of drug-likeness (QED) is 0.871. The maximum Gasteiger partial charge on any atom is 0.317 e. The summed E-state index contributed by atoms with van der Waals surface area (Å²) in [7, 11) is 1.65. The monoisotopic (exact) mass is 340 g/mol. The Morgan fingerprint density at radius 1 is 1.28 bits per heavy atom. The maximum atomic E-state index is 11.8. The van der Waals surface area contributed by atoms with Crippen LogP contribution in [0.4, 0.5) is 10.6 Å². The first-order valence-corrected chi connectivity index (χ1v) is 8.54. The number of nitrogens with zero attached hydrogens (tertiary/aromatic N) is 3. The predicted octanol–water partition coefficient (Wildman–Crippen LogP) is 1.78. The number of aliphatic hydroxyl groups excluding tert-OH is 1. The van der Waals surface area contributed by atoms with Gasteiger partial charge in [-0.1, -0.05) is 30.3 Å². The number of likely N-dealkylation sites (N-methyl/N-ethyl adjacent to an activating group) is 1. The van der Waals surface area contributed by atoms with E-state index in [0.29, 0.717) is 13.1 Å². The standard InChI is InChI=1S/C19H24N4O2/c1-22(10-11-24)19(25)21-13-15-6-7-18(20-12-15)23-9-8-16-4-2-3-5-17(16)14-23/h2-7,12,24H,8-11,13-14H2,1H3,(H,21,25). The molecule has 2 N–H and O–H groups in total. The molecule has 0 atom stereocenters. The van der Waals surface area contributed by atoms with Crippen molar-refractivity contribution in [1.29, 1.82) is 0 Å². The molecule has 3 rings (SSSR count). The van der Waals surface area contributed by atoms with Gasteiger partial charge >= 0.3 is 6.03 Å². The lowest BCUT2D eigenvalue weighted by atomic mass is 10.00. The van der Waals surface area contributed by atoms with Crippen molar-refractivity contribution in [2.45, 2.75) is 19.5 Å². The van der Waals surface area contributed by atoms with Crippen LogP contribution in [0.3, 0.4) is 0 Å². The number of hydrogen-bond acceptors (Lipinski definition) is 4. The summed E-state index contributed by atoms with van der Waals surface area (Å²) in [6.07, 6.45) is 2.84. The summed E-state index contributed by atoms with van der Waals surface area (Å²) >= 11 is 0. The molecule has 6 nitrogen and oxygen atoms in total. The summed E-state index contributed by atoms with van der Waals surface area (Å²) < 4.78 is 0. The van der Waals surface area contributed by atoms with Crippen molar-refractivity contribution in [3.63, 3.8) is 0 Å². The van der Waals surface area contributed by atoms with Gasteiger partial charge in [-0.25, -0.2) is 9.78 Å². The topological polar surface area (TPSA) is 68.7 Å². The van der Waals surface area contributed by atoms with E-state index in [2.05, 4.69) is 39.5 Å². The zero-order valence-corrected chi connectivity index (χ0v) is 14.5. The average molecular weight is 340 g/mol. The van der Waals surface area contributed by atoms with Crippen molar-refractivity contribution in [3.05, 3.63) is 59.3 Å². The molecule has 1 aromatic carbocycles. The molecule has 6 heteroatoms. The van der Waals surface area contributed by atoms with Crippen LogP contribution in [0.2, 0.25) is 0 Å². The van der Waals surface area contributed by atoms with Gasteiger partial charge in [-0.15, -0.1) is 0 Å². The lowest BCUT2D eigenvalue weighted by Gasteiger charge is -2.29. The van der Waals surface area contributed by atoms with E-state index < -0.39 is 0 Å².